The Morgan fingerprint density at radius 2 is 1.97 bits per heavy atom. The van der Waals surface area contributed by atoms with Gasteiger partial charge in [0, 0.05) is 47.2 Å². The van der Waals surface area contributed by atoms with Crippen LogP contribution in [0.25, 0.3) is 33.2 Å². The van der Waals surface area contributed by atoms with Crippen LogP contribution in [0.5, 0.6) is 17.5 Å². The molecule has 0 saturated heterocycles. The summed E-state index contributed by atoms with van der Waals surface area (Å²) in [6, 6.07) is 4.05. The Bertz CT molecular complexity index is 1350. The number of H-pyrrole nitrogens is 1. The first kappa shape index (κ1) is 18.8. The van der Waals surface area contributed by atoms with Crippen LogP contribution in [-0.2, 0) is 6.54 Å². The van der Waals surface area contributed by atoms with Gasteiger partial charge in [-0.3, -0.25) is 0 Å². The van der Waals surface area contributed by atoms with Crippen LogP contribution in [0.15, 0.2) is 49.6 Å². The summed E-state index contributed by atoms with van der Waals surface area (Å²) >= 11 is 0. The van der Waals surface area contributed by atoms with Crippen LogP contribution < -0.4 is 14.2 Å². The van der Waals surface area contributed by atoms with Crippen molar-refractivity contribution in [3.05, 3.63) is 49.6 Å². The lowest BCUT2D eigenvalue weighted by molar-refractivity contribution is 0.280. The van der Waals surface area contributed by atoms with E-state index in [1.807, 2.05) is 29.1 Å². The number of hydrogen-bond donors (Lipinski definition) is 1. The van der Waals surface area contributed by atoms with Crippen LogP contribution in [0.2, 0.25) is 0 Å². The molecule has 31 heavy (non-hydrogen) atoms. The zero-order chi connectivity index (χ0) is 21.2. The maximum absolute atomic E-state index is 5.96. The van der Waals surface area contributed by atoms with E-state index < -0.39 is 0 Å². The molecule has 4 aromatic heterocycles. The first-order valence-corrected chi connectivity index (χ1v) is 9.56. The second kappa shape index (κ2) is 7.90. The number of imidazole rings is 1. The average Bonchev–Trinajstić information content (AvgIpc) is 3.47. The molecule has 10 heteroatoms. The predicted molar refractivity (Wildman–Crippen MR) is 113 cm³/mol. The zero-order valence-corrected chi connectivity index (χ0v) is 16.9. The number of aromatic nitrogens is 7. The molecule has 5 rings (SSSR count). The molecule has 0 atom stereocenters. The highest BCUT2D eigenvalue weighted by atomic mass is 16.5. The Hall–Kier alpha value is -4.21. The molecule has 0 unspecified atom stereocenters. The summed E-state index contributed by atoms with van der Waals surface area (Å²) in [5, 5.41) is 1.67. The van der Waals surface area contributed by atoms with Crippen molar-refractivity contribution in [2.45, 2.75) is 6.54 Å². The zero-order valence-electron chi connectivity index (χ0n) is 16.9. The SMILES string of the molecule is COc1ncc2c(-c3ncnc4cc(OCCn5ccnc5)c(OC)cc34)c[nH]c2n1. The Kier molecular flexibility index (Phi) is 4.79. The number of aromatic amines is 1. The van der Waals surface area contributed by atoms with Crippen molar-refractivity contribution >= 4 is 21.9 Å². The number of hydrogen-bond acceptors (Lipinski definition) is 8. The van der Waals surface area contributed by atoms with Crippen LogP contribution in [0, 0.1) is 0 Å². The maximum Gasteiger partial charge on any atom is 0.318 e. The number of rotatable bonds is 7. The third-order valence-electron chi connectivity index (χ3n) is 4.93. The van der Waals surface area contributed by atoms with E-state index in [-0.39, 0.29) is 0 Å². The number of ether oxygens (including phenoxy) is 3. The summed E-state index contributed by atoms with van der Waals surface area (Å²) in [6.07, 6.45) is 10.5. The van der Waals surface area contributed by atoms with E-state index in [0.717, 1.165) is 27.5 Å². The molecule has 0 aliphatic heterocycles. The van der Waals surface area contributed by atoms with E-state index in [2.05, 4.69) is 29.9 Å². The second-order valence-corrected chi connectivity index (χ2v) is 6.71. The summed E-state index contributed by atoms with van der Waals surface area (Å²) in [4.78, 5) is 24.7. The predicted octanol–water partition coefficient (Wildman–Crippen LogP) is 2.86. The molecule has 0 bridgehead atoms. The number of nitrogens with one attached hydrogen (secondary N) is 1. The summed E-state index contributed by atoms with van der Waals surface area (Å²) < 4.78 is 18.6. The van der Waals surface area contributed by atoms with Gasteiger partial charge in [0.15, 0.2) is 11.5 Å². The molecular formula is C21H19N7O3. The molecule has 0 aliphatic carbocycles. The summed E-state index contributed by atoms with van der Waals surface area (Å²) in [5.74, 6) is 1.22. The van der Waals surface area contributed by atoms with Gasteiger partial charge in [-0.05, 0) is 6.07 Å². The normalized spacial score (nSPS) is 11.2. The molecule has 156 valence electrons. The van der Waals surface area contributed by atoms with Gasteiger partial charge in [-0.2, -0.15) is 4.98 Å². The van der Waals surface area contributed by atoms with E-state index in [1.165, 1.54) is 13.4 Å². The summed E-state index contributed by atoms with van der Waals surface area (Å²) in [5.41, 5.74) is 3.02. The van der Waals surface area contributed by atoms with Crippen molar-refractivity contribution in [3.8, 4) is 28.8 Å². The molecule has 5 aromatic rings. The highest BCUT2D eigenvalue weighted by Crippen LogP contribution is 2.37. The van der Waals surface area contributed by atoms with Gasteiger partial charge in [0.2, 0.25) is 0 Å². The van der Waals surface area contributed by atoms with E-state index in [0.29, 0.717) is 36.3 Å². The number of benzene rings is 1. The van der Waals surface area contributed by atoms with E-state index >= 15 is 0 Å². The summed E-state index contributed by atoms with van der Waals surface area (Å²) in [6.45, 7) is 1.15. The van der Waals surface area contributed by atoms with Crippen molar-refractivity contribution in [2.24, 2.45) is 0 Å². The van der Waals surface area contributed by atoms with Crippen LogP contribution >= 0.6 is 0 Å². The van der Waals surface area contributed by atoms with Crippen LogP contribution in [0.4, 0.5) is 0 Å². The van der Waals surface area contributed by atoms with Crippen molar-refractivity contribution in [1.82, 2.24) is 34.5 Å². The molecule has 0 saturated carbocycles. The van der Waals surface area contributed by atoms with Gasteiger partial charge in [-0.25, -0.2) is 19.9 Å². The number of fused-ring (bicyclic) bond motifs is 2. The third kappa shape index (κ3) is 3.48. The molecule has 4 heterocycles. The fraction of sp³-hybridized carbons (Fsp3) is 0.190. The minimum absolute atomic E-state index is 0.299. The second-order valence-electron chi connectivity index (χ2n) is 6.71. The average molecular weight is 417 g/mol. The fourth-order valence-electron chi connectivity index (χ4n) is 3.42. The minimum atomic E-state index is 0.299. The Labute approximate surface area is 176 Å². The lowest BCUT2D eigenvalue weighted by Gasteiger charge is -2.13. The van der Waals surface area contributed by atoms with Gasteiger partial charge in [-0.15, -0.1) is 0 Å². The Morgan fingerprint density at radius 3 is 2.77 bits per heavy atom. The number of nitrogens with zero attached hydrogens (tertiary/aromatic N) is 6. The van der Waals surface area contributed by atoms with Gasteiger partial charge in [-0.1, -0.05) is 0 Å². The van der Waals surface area contributed by atoms with Crippen molar-refractivity contribution < 1.29 is 14.2 Å². The van der Waals surface area contributed by atoms with Crippen molar-refractivity contribution in [1.29, 1.82) is 0 Å². The standard InChI is InChI=1S/C21H19N7O3/c1-29-17-7-13-16(8-18(17)31-6-5-28-4-3-22-12-28)25-11-26-19(13)14-9-23-20-15(14)10-24-21(27-20)30-2/h3-4,7-12H,5-6H2,1-2H3,(H,23,24,27). The van der Waals surface area contributed by atoms with Gasteiger partial charge in [0.1, 0.15) is 18.6 Å². The highest BCUT2D eigenvalue weighted by molar-refractivity contribution is 6.02. The topological polar surface area (TPSA) is 113 Å². The van der Waals surface area contributed by atoms with Gasteiger partial charge in [0.25, 0.3) is 0 Å². The molecule has 0 radical (unpaired) electrons. The molecule has 1 N–H and O–H groups in total. The highest BCUT2D eigenvalue weighted by Gasteiger charge is 2.16. The first-order valence-electron chi connectivity index (χ1n) is 9.56. The van der Waals surface area contributed by atoms with E-state index in [4.69, 9.17) is 14.2 Å². The van der Waals surface area contributed by atoms with Crippen LogP contribution in [0.3, 0.4) is 0 Å². The smallest absolute Gasteiger partial charge is 0.318 e. The first-order chi connectivity index (χ1) is 15.3. The third-order valence-corrected chi connectivity index (χ3v) is 4.93. The molecular weight excluding hydrogens is 398 g/mol. The molecule has 0 fully saturated rings. The summed E-state index contributed by atoms with van der Waals surface area (Å²) in [7, 11) is 3.14. The minimum Gasteiger partial charge on any atom is -0.493 e. The van der Waals surface area contributed by atoms with Gasteiger partial charge >= 0.3 is 6.01 Å². The maximum atomic E-state index is 5.96. The van der Waals surface area contributed by atoms with Crippen molar-refractivity contribution in [3.63, 3.8) is 0 Å². The molecule has 1 aromatic carbocycles. The monoisotopic (exact) mass is 417 g/mol. The number of methoxy groups -OCH3 is 2. The van der Waals surface area contributed by atoms with E-state index in [9.17, 15) is 0 Å². The lowest BCUT2D eigenvalue weighted by atomic mass is 10.1. The quantitative estimate of drug-likeness (QED) is 0.430. The van der Waals surface area contributed by atoms with Crippen LogP contribution in [0.1, 0.15) is 0 Å². The Morgan fingerprint density at radius 1 is 1.03 bits per heavy atom. The van der Waals surface area contributed by atoms with Crippen molar-refractivity contribution in [2.75, 3.05) is 20.8 Å². The fourth-order valence-corrected chi connectivity index (χ4v) is 3.42. The van der Waals surface area contributed by atoms with Crippen LogP contribution in [-0.4, -0.2) is 55.3 Å². The lowest BCUT2D eigenvalue weighted by Crippen LogP contribution is -2.07. The van der Waals surface area contributed by atoms with Gasteiger partial charge < -0.3 is 23.8 Å². The van der Waals surface area contributed by atoms with Gasteiger partial charge in [0.05, 0.1) is 38.3 Å². The molecule has 10 nitrogen and oxygen atoms in total. The largest absolute Gasteiger partial charge is 0.493 e. The molecule has 0 aliphatic rings. The molecule has 0 spiro atoms. The Balaban J connectivity index is 1.53. The molecule has 0 amide bonds. The van der Waals surface area contributed by atoms with E-state index in [1.54, 1.807) is 25.8 Å².